The van der Waals surface area contributed by atoms with Crippen LogP contribution in [-0.2, 0) is 6.42 Å². The molecule has 0 aliphatic heterocycles. The highest BCUT2D eigenvalue weighted by Gasteiger charge is 2.26. The highest BCUT2D eigenvalue weighted by Crippen LogP contribution is 2.41. The Balaban J connectivity index is 2.13. The van der Waals surface area contributed by atoms with Gasteiger partial charge in [0, 0.05) is 35.6 Å². The van der Waals surface area contributed by atoms with Crippen molar-refractivity contribution in [1.29, 1.82) is 5.26 Å². The van der Waals surface area contributed by atoms with Crippen LogP contribution in [0.15, 0.2) is 48.8 Å². The Labute approximate surface area is 151 Å². The van der Waals surface area contributed by atoms with Gasteiger partial charge in [0.15, 0.2) is 0 Å². The summed E-state index contributed by atoms with van der Waals surface area (Å²) in [6.45, 7) is 3.95. The van der Waals surface area contributed by atoms with Crippen molar-refractivity contribution in [2.75, 3.05) is 12.8 Å². The molecule has 0 spiro atoms. The Morgan fingerprint density at radius 1 is 1.35 bits per heavy atom. The maximum atomic E-state index is 9.78. The molecule has 3 aromatic rings. The number of aromatic nitrogens is 2. The second kappa shape index (κ2) is 6.08. The lowest BCUT2D eigenvalue weighted by atomic mass is 9.84. The zero-order valence-corrected chi connectivity index (χ0v) is 14.6. The molecule has 5 heteroatoms. The van der Waals surface area contributed by atoms with E-state index in [0.717, 1.165) is 57.4 Å². The van der Waals surface area contributed by atoms with Gasteiger partial charge in [0.05, 0.1) is 11.2 Å². The number of hydrogen-bond donors (Lipinski definition) is 3. The summed E-state index contributed by atoms with van der Waals surface area (Å²) in [6, 6.07) is 10.4. The number of H-pyrrole nitrogens is 1. The third kappa shape index (κ3) is 2.20. The van der Waals surface area contributed by atoms with Crippen molar-refractivity contribution >= 4 is 22.3 Å². The first-order valence-corrected chi connectivity index (χ1v) is 8.52. The molecule has 1 aromatic carbocycles. The van der Waals surface area contributed by atoms with Crippen molar-refractivity contribution in [2.45, 2.75) is 12.8 Å². The van der Waals surface area contributed by atoms with Gasteiger partial charge in [-0.1, -0.05) is 30.9 Å². The van der Waals surface area contributed by atoms with Gasteiger partial charge in [-0.2, -0.15) is 5.26 Å². The highest BCUT2D eigenvalue weighted by molar-refractivity contribution is 5.99. The summed E-state index contributed by atoms with van der Waals surface area (Å²) in [4.78, 5) is 7.86. The molecule has 26 heavy (non-hydrogen) atoms. The zero-order chi connectivity index (χ0) is 18.3. The number of hydrogen-bond acceptors (Lipinski definition) is 4. The summed E-state index contributed by atoms with van der Waals surface area (Å²) in [5.74, 6) is 0.251. The molecule has 1 aliphatic rings. The van der Waals surface area contributed by atoms with Crippen molar-refractivity contribution in [3.8, 4) is 17.2 Å². The minimum Gasteiger partial charge on any atom is -0.391 e. The smallest absolute Gasteiger partial charge is 0.142 e. The van der Waals surface area contributed by atoms with Crippen LogP contribution in [0.25, 0.3) is 27.6 Å². The van der Waals surface area contributed by atoms with Crippen LogP contribution in [0.2, 0.25) is 0 Å². The van der Waals surface area contributed by atoms with Gasteiger partial charge in [-0.25, -0.2) is 4.98 Å². The normalized spacial score (nSPS) is 13.4. The van der Waals surface area contributed by atoms with Crippen LogP contribution in [0.5, 0.6) is 0 Å². The lowest BCUT2D eigenvalue weighted by Gasteiger charge is -2.25. The van der Waals surface area contributed by atoms with E-state index in [1.165, 1.54) is 0 Å². The average Bonchev–Trinajstić information content (AvgIpc) is 3.14. The Morgan fingerprint density at radius 3 is 2.92 bits per heavy atom. The second-order valence-corrected chi connectivity index (χ2v) is 6.28. The standard InChI is InChI=1S/C21H19N5/c1-3-13-17(24-2)8-7-15-18(16(11-22)21(23)26-20(13)15)14-6-4-5-12-9-10-25-19(12)14/h3-6,9-10,24-25H,1,7-8H2,2H3,(H2,23,26). The first-order chi connectivity index (χ1) is 12.7. The fourth-order valence-corrected chi connectivity index (χ4v) is 3.82. The van der Waals surface area contributed by atoms with Gasteiger partial charge < -0.3 is 16.0 Å². The molecular formula is C21H19N5. The van der Waals surface area contributed by atoms with Crippen LogP contribution >= 0.6 is 0 Å². The van der Waals surface area contributed by atoms with E-state index in [-0.39, 0.29) is 5.82 Å². The molecule has 128 valence electrons. The molecular weight excluding hydrogens is 322 g/mol. The molecule has 0 amide bonds. The third-order valence-corrected chi connectivity index (χ3v) is 5.01. The van der Waals surface area contributed by atoms with Gasteiger partial charge in [-0.15, -0.1) is 0 Å². The number of nitriles is 1. The second-order valence-electron chi connectivity index (χ2n) is 6.28. The van der Waals surface area contributed by atoms with Crippen molar-refractivity contribution in [1.82, 2.24) is 15.3 Å². The van der Waals surface area contributed by atoms with Gasteiger partial charge >= 0.3 is 0 Å². The average molecular weight is 341 g/mol. The number of allylic oxidation sites excluding steroid dienone is 3. The molecule has 2 heterocycles. The molecule has 0 bridgehead atoms. The van der Waals surface area contributed by atoms with E-state index in [2.05, 4.69) is 27.9 Å². The molecule has 0 fully saturated rings. The number of fused-ring (bicyclic) bond motifs is 2. The van der Waals surface area contributed by atoms with E-state index in [1.54, 1.807) is 6.08 Å². The van der Waals surface area contributed by atoms with E-state index >= 15 is 0 Å². The first-order valence-electron chi connectivity index (χ1n) is 8.52. The molecule has 4 rings (SSSR count). The Hall–Kier alpha value is -3.52. The lowest BCUT2D eigenvalue weighted by Crippen LogP contribution is -2.18. The largest absolute Gasteiger partial charge is 0.391 e. The monoisotopic (exact) mass is 341 g/mol. The Kier molecular flexibility index (Phi) is 3.74. The zero-order valence-electron chi connectivity index (χ0n) is 14.6. The minimum atomic E-state index is 0.251. The SMILES string of the molecule is C=CC1=C(NC)CCc2c1nc(N)c(C#N)c2-c1cccc2cc[nH]c12. The number of pyridine rings is 1. The maximum absolute atomic E-state index is 9.78. The molecule has 0 unspecified atom stereocenters. The lowest BCUT2D eigenvalue weighted by molar-refractivity contribution is 0.817. The van der Waals surface area contributed by atoms with Gasteiger partial charge in [-0.3, -0.25) is 0 Å². The Morgan fingerprint density at radius 2 is 2.19 bits per heavy atom. The summed E-state index contributed by atoms with van der Waals surface area (Å²) in [6.07, 6.45) is 5.35. The van der Waals surface area contributed by atoms with Crippen LogP contribution in [0.3, 0.4) is 0 Å². The molecule has 0 atom stereocenters. The fraction of sp³-hybridized carbons (Fsp3) is 0.143. The molecule has 0 radical (unpaired) electrons. The highest BCUT2D eigenvalue weighted by atomic mass is 14.9. The number of aromatic amines is 1. The summed E-state index contributed by atoms with van der Waals surface area (Å²) in [5, 5.41) is 14.1. The van der Waals surface area contributed by atoms with E-state index in [9.17, 15) is 5.26 Å². The van der Waals surface area contributed by atoms with Gasteiger partial charge in [0.2, 0.25) is 0 Å². The molecule has 0 saturated carbocycles. The fourth-order valence-electron chi connectivity index (χ4n) is 3.82. The van der Waals surface area contributed by atoms with Crippen molar-refractivity contribution in [2.24, 2.45) is 0 Å². The quantitative estimate of drug-likeness (QED) is 0.677. The topological polar surface area (TPSA) is 90.5 Å². The number of nitrogens with one attached hydrogen (secondary N) is 2. The van der Waals surface area contributed by atoms with Crippen LogP contribution in [0.4, 0.5) is 5.82 Å². The number of benzene rings is 1. The van der Waals surface area contributed by atoms with Gasteiger partial charge in [0.1, 0.15) is 17.5 Å². The van der Waals surface area contributed by atoms with E-state index < -0.39 is 0 Å². The predicted molar refractivity (Wildman–Crippen MR) is 105 cm³/mol. The van der Waals surface area contributed by atoms with Crippen molar-refractivity contribution in [3.63, 3.8) is 0 Å². The Bertz CT molecular complexity index is 1110. The molecule has 4 N–H and O–H groups in total. The minimum absolute atomic E-state index is 0.251. The number of anilines is 1. The van der Waals surface area contributed by atoms with Crippen molar-refractivity contribution in [3.05, 3.63) is 65.6 Å². The molecule has 5 nitrogen and oxygen atoms in total. The molecule has 0 saturated heterocycles. The summed E-state index contributed by atoms with van der Waals surface area (Å²) >= 11 is 0. The first kappa shape index (κ1) is 16.0. The number of nitrogens with two attached hydrogens (primary N) is 1. The van der Waals surface area contributed by atoms with Crippen LogP contribution in [0.1, 0.15) is 23.2 Å². The van der Waals surface area contributed by atoms with Crippen LogP contribution in [-0.4, -0.2) is 17.0 Å². The summed E-state index contributed by atoms with van der Waals surface area (Å²) < 4.78 is 0. The van der Waals surface area contributed by atoms with Gasteiger partial charge in [-0.05, 0) is 29.9 Å². The third-order valence-electron chi connectivity index (χ3n) is 5.01. The molecule has 1 aliphatic carbocycles. The van der Waals surface area contributed by atoms with E-state index in [4.69, 9.17) is 5.73 Å². The van der Waals surface area contributed by atoms with E-state index in [1.807, 2.05) is 37.5 Å². The number of para-hydroxylation sites is 1. The van der Waals surface area contributed by atoms with Gasteiger partial charge in [0.25, 0.3) is 0 Å². The van der Waals surface area contributed by atoms with Crippen molar-refractivity contribution < 1.29 is 0 Å². The van der Waals surface area contributed by atoms with Crippen LogP contribution < -0.4 is 11.1 Å². The predicted octanol–water partition coefficient (Wildman–Crippen LogP) is 3.75. The summed E-state index contributed by atoms with van der Waals surface area (Å²) in [5.41, 5.74) is 13.4. The number of nitrogen functional groups attached to an aromatic ring is 1. The number of rotatable bonds is 3. The van der Waals surface area contributed by atoms with E-state index in [0.29, 0.717) is 5.56 Å². The maximum Gasteiger partial charge on any atom is 0.142 e. The number of nitrogens with zero attached hydrogens (tertiary/aromatic N) is 2. The molecule has 2 aromatic heterocycles. The summed E-state index contributed by atoms with van der Waals surface area (Å²) in [7, 11) is 1.90. The van der Waals surface area contributed by atoms with Crippen LogP contribution in [0, 0.1) is 11.3 Å².